The van der Waals surface area contributed by atoms with Crippen LogP contribution in [-0.2, 0) is 11.2 Å². The summed E-state index contributed by atoms with van der Waals surface area (Å²) in [6.45, 7) is 3.93. The SMILES string of the molecule is CCCc1nsc(NC2CCCCC2(C)C(=O)O)n1. The van der Waals surface area contributed by atoms with Crippen molar-refractivity contribution in [2.75, 3.05) is 5.32 Å². The summed E-state index contributed by atoms with van der Waals surface area (Å²) in [7, 11) is 0. The first-order valence-electron chi connectivity index (χ1n) is 6.89. The van der Waals surface area contributed by atoms with Gasteiger partial charge in [-0.15, -0.1) is 0 Å². The van der Waals surface area contributed by atoms with Crippen LogP contribution in [0.5, 0.6) is 0 Å². The van der Waals surface area contributed by atoms with Gasteiger partial charge in [-0.3, -0.25) is 4.79 Å². The molecule has 0 amide bonds. The monoisotopic (exact) mass is 283 g/mol. The summed E-state index contributed by atoms with van der Waals surface area (Å²) in [5.41, 5.74) is -0.700. The Hall–Kier alpha value is -1.17. The highest BCUT2D eigenvalue weighted by Gasteiger charge is 2.43. The molecule has 0 spiro atoms. The Morgan fingerprint density at radius 3 is 3.05 bits per heavy atom. The molecule has 2 N–H and O–H groups in total. The number of nitrogens with zero attached hydrogens (tertiary/aromatic N) is 2. The van der Waals surface area contributed by atoms with Crippen molar-refractivity contribution in [2.45, 2.75) is 58.4 Å². The van der Waals surface area contributed by atoms with Crippen LogP contribution in [0.1, 0.15) is 51.8 Å². The maximum Gasteiger partial charge on any atom is 0.311 e. The second-order valence-electron chi connectivity index (χ2n) is 5.43. The van der Waals surface area contributed by atoms with E-state index in [9.17, 15) is 9.90 Å². The number of hydrogen-bond donors (Lipinski definition) is 2. The van der Waals surface area contributed by atoms with Gasteiger partial charge in [-0.1, -0.05) is 19.8 Å². The second-order valence-corrected chi connectivity index (χ2v) is 6.18. The largest absolute Gasteiger partial charge is 0.481 e. The molecule has 0 saturated heterocycles. The van der Waals surface area contributed by atoms with Crippen molar-refractivity contribution in [2.24, 2.45) is 5.41 Å². The molecule has 2 atom stereocenters. The van der Waals surface area contributed by atoms with E-state index in [4.69, 9.17) is 0 Å². The molecule has 5 nitrogen and oxygen atoms in total. The Bertz CT molecular complexity index is 449. The molecule has 1 aromatic rings. The van der Waals surface area contributed by atoms with Crippen molar-refractivity contribution in [3.05, 3.63) is 5.82 Å². The third-order valence-corrected chi connectivity index (χ3v) is 4.62. The van der Waals surface area contributed by atoms with Gasteiger partial charge in [0.1, 0.15) is 5.82 Å². The van der Waals surface area contributed by atoms with E-state index in [1.54, 1.807) is 0 Å². The molecule has 0 aromatic carbocycles. The van der Waals surface area contributed by atoms with E-state index >= 15 is 0 Å². The van der Waals surface area contributed by atoms with Gasteiger partial charge >= 0.3 is 5.97 Å². The fourth-order valence-electron chi connectivity index (χ4n) is 2.61. The minimum atomic E-state index is -0.719. The van der Waals surface area contributed by atoms with Gasteiger partial charge in [-0.2, -0.15) is 4.37 Å². The van der Waals surface area contributed by atoms with Gasteiger partial charge in [0.2, 0.25) is 5.13 Å². The summed E-state index contributed by atoms with van der Waals surface area (Å²) in [5.74, 6) is 0.130. The van der Waals surface area contributed by atoms with E-state index in [0.29, 0.717) is 0 Å². The Morgan fingerprint density at radius 1 is 1.58 bits per heavy atom. The quantitative estimate of drug-likeness (QED) is 0.869. The third-order valence-electron chi connectivity index (χ3n) is 3.94. The number of anilines is 1. The lowest BCUT2D eigenvalue weighted by molar-refractivity contribution is -0.150. The van der Waals surface area contributed by atoms with E-state index in [2.05, 4.69) is 21.6 Å². The van der Waals surface area contributed by atoms with E-state index < -0.39 is 11.4 Å². The number of nitrogens with one attached hydrogen (secondary N) is 1. The zero-order valence-electron chi connectivity index (χ0n) is 11.5. The Morgan fingerprint density at radius 2 is 2.37 bits per heavy atom. The molecule has 1 aliphatic carbocycles. The molecule has 1 heterocycles. The van der Waals surface area contributed by atoms with Gasteiger partial charge in [0.15, 0.2) is 0 Å². The van der Waals surface area contributed by atoms with E-state index in [-0.39, 0.29) is 6.04 Å². The first-order chi connectivity index (χ1) is 9.06. The standard InChI is InChI=1S/C13H21N3O2S/c1-3-6-10-15-12(19-16-10)14-9-7-4-5-8-13(9,2)11(17)18/h9H,3-8H2,1-2H3,(H,17,18)(H,14,15,16). The molecular weight excluding hydrogens is 262 g/mol. The lowest BCUT2D eigenvalue weighted by Gasteiger charge is -2.38. The summed E-state index contributed by atoms with van der Waals surface area (Å²) in [4.78, 5) is 15.9. The highest BCUT2D eigenvalue weighted by atomic mass is 32.1. The van der Waals surface area contributed by atoms with E-state index in [1.165, 1.54) is 11.5 Å². The maximum atomic E-state index is 11.5. The van der Waals surface area contributed by atoms with Crippen molar-refractivity contribution in [3.63, 3.8) is 0 Å². The van der Waals surface area contributed by atoms with Crippen LogP contribution in [0.3, 0.4) is 0 Å². The lowest BCUT2D eigenvalue weighted by Crippen LogP contribution is -2.46. The highest BCUT2D eigenvalue weighted by molar-refractivity contribution is 7.09. The van der Waals surface area contributed by atoms with Crippen LogP contribution in [0, 0.1) is 5.41 Å². The summed E-state index contributed by atoms with van der Waals surface area (Å²) >= 11 is 1.33. The molecule has 0 radical (unpaired) electrons. The second kappa shape index (κ2) is 5.86. The molecule has 106 valence electrons. The van der Waals surface area contributed by atoms with Gasteiger partial charge in [-0.05, 0) is 26.2 Å². The average Bonchev–Trinajstić information content (AvgIpc) is 2.80. The van der Waals surface area contributed by atoms with Crippen molar-refractivity contribution in [1.29, 1.82) is 0 Å². The Balaban J connectivity index is 2.08. The molecule has 1 aromatic heterocycles. The first kappa shape index (κ1) is 14.2. The average molecular weight is 283 g/mol. The van der Waals surface area contributed by atoms with Crippen LogP contribution in [0.15, 0.2) is 0 Å². The highest BCUT2D eigenvalue weighted by Crippen LogP contribution is 2.38. The van der Waals surface area contributed by atoms with Gasteiger partial charge < -0.3 is 10.4 Å². The van der Waals surface area contributed by atoms with Crippen LogP contribution in [0.2, 0.25) is 0 Å². The molecule has 2 unspecified atom stereocenters. The van der Waals surface area contributed by atoms with Crippen LogP contribution >= 0.6 is 11.5 Å². The van der Waals surface area contributed by atoms with Crippen molar-refractivity contribution >= 4 is 22.6 Å². The number of aromatic nitrogens is 2. The van der Waals surface area contributed by atoms with E-state index in [1.807, 2.05) is 6.92 Å². The van der Waals surface area contributed by atoms with Crippen LogP contribution < -0.4 is 5.32 Å². The molecule has 2 rings (SSSR count). The van der Waals surface area contributed by atoms with Crippen LogP contribution in [0.25, 0.3) is 0 Å². The van der Waals surface area contributed by atoms with Crippen molar-refractivity contribution in [1.82, 2.24) is 9.36 Å². The number of rotatable bonds is 5. The Labute approximate surface area is 117 Å². The number of aliphatic carboxylic acids is 1. The molecule has 1 fully saturated rings. The molecular formula is C13H21N3O2S. The summed E-state index contributed by atoms with van der Waals surface area (Å²) in [6.07, 6.45) is 5.55. The minimum Gasteiger partial charge on any atom is -0.481 e. The van der Waals surface area contributed by atoms with Gasteiger partial charge in [-0.25, -0.2) is 4.98 Å². The summed E-state index contributed by atoms with van der Waals surface area (Å²) in [5, 5.41) is 13.5. The topological polar surface area (TPSA) is 75.1 Å². The number of aryl methyl sites for hydroxylation is 1. The molecule has 0 aliphatic heterocycles. The predicted octanol–water partition coefficient (Wildman–Crippen LogP) is 2.94. The minimum absolute atomic E-state index is 0.0545. The molecule has 1 saturated carbocycles. The van der Waals surface area contributed by atoms with E-state index in [0.717, 1.165) is 49.5 Å². The molecule has 0 bridgehead atoms. The molecule has 19 heavy (non-hydrogen) atoms. The first-order valence-corrected chi connectivity index (χ1v) is 7.66. The lowest BCUT2D eigenvalue weighted by atomic mass is 9.72. The smallest absolute Gasteiger partial charge is 0.311 e. The number of carboxylic acids is 1. The number of carbonyl (C=O) groups is 1. The van der Waals surface area contributed by atoms with Crippen LogP contribution in [0.4, 0.5) is 5.13 Å². The van der Waals surface area contributed by atoms with Gasteiger partial charge in [0, 0.05) is 24.0 Å². The summed E-state index contributed by atoms with van der Waals surface area (Å²) < 4.78 is 4.28. The number of hydrogen-bond acceptors (Lipinski definition) is 5. The van der Waals surface area contributed by atoms with Crippen molar-refractivity contribution < 1.29 is 9.90 Å². The van der Waals surface area contributed by atoms with Gasteiger partial charge in [0.05, 0.1) is 5.41 Å². The predicted molar refractivity (Wildman–Crippen MR) is 75.5 cm³/mol. The van der Waals surface area contributed by atoms with Crippen molar-refractivity contribution in [3.8, 4) is 0 Å². The fraction of sp³-hybridized carbons (Fsp3) is 0.769. The fourth-order valence-corrected chi connectivity index (χ4v) is 3.27. The Kier molecular flexibility index (Phi) is 4.39. The molecule has 1 aliphatic rings. The normalized spacial score (nSPS) is 27.2. The summed E-state index contributed by atoms with van der Waals surface area (Å²) in [6, 6.07) is -0.0545. The molecule has 6 heteroatoms. The zero-order valence-corrected chi connectivity index (χ0v) is 12.3. The zero-order chi connectivity index (χ0) is 13.9. The maximum absolute atomic E-state index is 11.5. The van der Waals surface area contributed by atoms with Gasteiger partial charge in [0.25, 0.3) is 0 Å². The third kappa shape index (κ3) is 3.05. The van der Waals surface area contributed by atoms with Crippen LogP contribution in [-0.4, -0.2) is 26.5 Å². The number of carboxylic acid groups (broad SMARTS) is 1.